The second-order valence-electron chi connectivity index (χ2n) is 12.4. The molecule has 1 aromatic heterocycles. The number of aryl methyl sites for hydroxylation is 2. The Morgan fingerprint density at radius 3 is 2.51 bits per heavy atom. The third-order valence-corrected chi connectivity index (χ3v) is 9.93. The summed E-state index contributed by atoms with van der Waals surface area (Å²) in [6, 6.07) is 10.1. The first-order chi connectivity index (χ1) is 19.9. The van der Waals surface area contributed by atoms with Gasteiger partial charge in [-0.1, -0.05) is 37.8 Å². The van der Waals surface area contributed by atoms with E-state index in [4.69, 9.17) is 4.74 Å². The van der Waals surface area contributed by atoms with Gasteiger partial charge in [0.1, 0.15) is 5.75 Å². The van der Waals surface area contributed by atoms with Crippen molar-refractivity contribution < 1.29 is 19.4 Å². The van der Waals surface area contributed by atoms with Gasteiger partial charge in [-0.05, 0) is 111 Å². The summed E-state index contributed by atoms with van der Waals surface area (Å²) in [6.45, 7) is 6.53. The SMILES string of the molecule is CCC1=C2[C@@H](CC/C(=C/c3cc(C)c(O)c(C)c3)c3ccccn3)OC[C@@H]2[C@@H]2C(=O)N(C3CCCCC3)C(=O)[C@@H]2C1. The molecule has 1 saturated carbocycles. The number of pyridine rings is 1. The van der Waals surface area contributed by atoms with Crippen molar-refractivity contribution >= 4 is 23.5 Å². The average molecular weight is 555 g/mol. The van der Waals surface area contributed by atoms with Crippen LogP contribution in [0, 0.1) is 31.6 Å². The van der Waals surface area contributed by atoms with E-state index in [0.717, 1.165) is 72.9 Å². The largest absolute Gasteiger partial charge is 0.507 e. The number of phenolic OH excluding ortho intramolecular Hbond substituents is 1. The molecule has 3 fully saturated rings. The molecule has 0 unspecified atom stereocenters. The Hall–Kier alpha value is -3.25. The van der Waals surface area contributed by atoms with Crippen molar-refractivity contribution in [1.29, 1.82) is 0 Å². The van der Waals surface area contributed by atoms with Gasteiger partial charge in [0.15, 0.2) is 0 Å². The van der Waals surface area contributed by atoms with Crippen molar-refractivity contribution in [2.75, 3.05) is 6.61 Å². The number of allylic oxidation sites excluding steroid dienone is 2. The molecule has 6 rings (SSSR count). The molecular formula is C35H42N2O4. The summed E-state index contributed by atoms with van der Waals surface area (Å²) in [6.07, 6.45) is 12.4. The molecule has 1 aromatic carbocycles. The number of ether oxygens (including phenoxy) is 1. The first-order valence-electron chi connectivity index (χ1n) is 15.5. The maximum atomic E-state index is 13.8. The average Bonchev–Trinajstić information content (AvgIpc) is 3.52. The number of likely N-dealkylation sites (tertiary alicyclic amines) is 1. The summed E-state index contributed by atoms with van der Waals surface area (Å²) in [5.74, 6) is -0.0259. The second kappa shape index (κ2) is 11.6. The van der Waals surface area contributed by atoms with Crippen molar-refractivity contribution in [3.63, 3.8) is 0 Å². The van der Waals surface area contributed by atoms with Crippen LogP contribution in [0.2, 0.25) is 0 Å². The molecule has 41 heavy (non-hydrogen) atoms. The molecule has 1 N–H and O–H groups in total. The fourth-order valence-corrected chi connectivity index (χ4v) is 7.92. The molecule has 2 aliphatic carbocycles. The zero-order chi connectivity index (χ0) is 28.7. The number of carbonyl (C=O) groups is 2. The predicted molar refractivity (Wildman–Crippen MR) is 160 cm³/mol. The third-order valence-electron chi connectivity index (χ3n) is 9.93. The Morgan fingerprint density at radius 1 is 1.07 bits per heavy atom. The Balaban J connectivity index is 1.26. The van der Waals surface area contributed by atoms with Gasteiger partial charge in [0.05, 0.1) is 30.2 Å². The fraction of sp³-hybridized carbons (Fsp3) is 0.514. The van der Waals surface area contributed by atoms with Crippen LogP contribution < -0.4 is 0 Å². The summed E-state index contributed by atoms with van der Waals surface area (Å²) in [7, 11) is 0. The molecule has 2 aromatic rings. The molecule has 4 atom stereocenters. The molecule has 0 radical (unpaired) electrons. The third kappa shape index (κ3) is 5.16. The maximum absolute atomic E-state index is 13.8. The molecular weight excluding hydrogens is 512 g/mol. The van der Waals surface area contributed by atoms with E-state index in [1.165, 1.54) is 17.6 Å². The number of benzene rings is 1. The minimum absolute atomic E-state index is 0.00316. The molecule has 6 nitrogen and oxygen atoms in total. The van der Waals surface area contributed by atoms with Crippen LogP contribution in [0.25, 0.3) is 11.6 Å². The molecule has 2 aliphatic heterocycles. The normalized spacial score (nSPS) is 27.0. The lowest BCUT2D eigenvalue weighted by molar-refractivity contribution is -0.143. The highest BCUT2D eigenvalue weighted by Crippen LogP contribution is 2.51. The van der Waals surface area contributed by atoms with Crippen molar-refractivity contribution in [1.82, 2.24) is 9.88 Å². The summed E-state index contributed by atoms with van der Waals surface area (Å²) in [5, 5.41) is 10.3. The summed E-state index contributed by atoms with van der Waals surface area (Å²) >= 11 is 0. The molecule has 2 amide bonds. The van der Waals surface area contributed by atoms with E-state index < -0.39 is 0 Å². The first kappa shape index (κ1) is 27.9. The van der Waals surface area contributed by atoms with Crippen molar-refractivity contribution in [2.24, 2.45) is 17.8 Å². The van der Waals surface area contributed by atoms with Gasteiger partial charge >= 0.3 is 0 Å². The Morgan fingerprint density at radius 2 is 1.83 bits per heavy atom. The summed E-state index contributed by atoms with van der Waals surface area (Å²) < 4.78 is 6.47. The molecule has 216 valence electrons. The monoisotopic (exact) mass is 554 g/mol. The number of aromatic hydroxyl groups is 1. The number of hydrogen-bond donors (Lipinski definition) is 1. The zero-order valence-electron chi connectivity index (χ0n) is 24.6. The van der Waals surface area contributed by atoms with Gasteiger partial charge in [-0.25, -0.2) is 0 Å². The van der Waals surface area contributed by atoms with E-state index in [9.17, 15) is 14.7 Å². The molecule has 3 heterocycles. The summed E-state index contributed by atoms with van der Waals surface area (Å²) in [5.41, 5.74) is 7.40. The lowest BCUT2D eigenvalue weighted by Crippen LogP contribution is -2.42. The number of nitrogens with zero attached hydrogens (tertiary/aromatic N) is 2. The van der Waals surface area contributed by atoms with E-state index in [1.54, 1.807) is 4.90 Å². The van der Waals surface area contributed by atoms with E-state index in [2.05, 4.69) is 18.0 Å². The molecule has 2 saturated heterocycles. The van der Waals surface area contributed by atoms with Crippen LogP contribution in [0.3, 0.4) is 0 Å². The molecule has 0 spiro atoms. The van der Waals surface area contributed by atoms with Crippen molar-refractivity contribution in [2.45, 2.75) is 90.7 Å². The van der Waals surface area contributed by atoms with Crippen molar-refractivity contribution in [3.8, 4) is 5.75 Å². The minimum Gasteiger partial charge on any atom is -0.507 e. The number of fused-ring (bicyclic) bond motifs is 3. The van der Waals surface area contributed by atoms with Crippen LogP contribution in [-0.2, 0) is 14.3 Å². The highest BCUT2D eigenvalue weighted by Gasteiger charge is 2.57. The van der Waals surface area contributed by atoms with Gasteiger partial charge in [-0.2, -0.15) is 0 Å². The number of rotatable bonds is 7. The van der Waals surface area contributed by atoms with Crippen LogP contribution in [-0.4, -0.2) is 45.6 Å². The Kier molecular flexibility index (Phi) is 7.86. The number of carbonyl (C=O) groups excluding carboxylic acids is 2. The molecule has 4 aliphatic rings. The van der Waals surface area contributed by atoms with E-state index in [-0.39, 0.29) is 41.7 Å². The lowest BCUT2D eigenvalue weighted by Gasteiger charge is -2.31. The minimum atomic E-state index is -0.270. The van der Waals surface area contributed by atoms with Gasteiger partial charge in [0.2, 0.25) is 11.8 Å². The van der Waals surface area contributed by atoms with E-state index >= 15 is 0 Å². The second-order valence-corrected chi connectivity index (χ2v) is 12.4. The van der Waals surface area contributed by atoms with Crippen LogP contribution in [0.5, 0.6) is 5.75 Å². The number of phenols is 1. The van der Waals surface area contributed by atoms with Gasteiger partial charge < -0.3 is 9.84 Å². The smallest absolute Gasteiger partial charge is 0.234 e. The van der Waals surface area contributed by atoms with Crippen molar-refractivity contribution in [3.05, 3.63) is 70.1 Å². The number of imide groups is 1. The lowest BCUT2D eigenvalue weighted by atomic mass is 9.69. The van der Waals surface area contributed by atoms with Crippen LogP contribution >= 0.6 is 0 Å². The van der Waals surface area contributed by atoms with Crippen LogP contribution in [0.4, 0.5) is 0 Å². The van der Waals surface area contributed by atoms with E-state index in [0.29, 0.717) is 18.8 Å². The number of hydrogen-bond acceptors (Lipinski definition) is 5. The molecule has 6 heteroatoms. The van der Waals surface area contributed by atoms with Gasteiger partial charge in [0, 0.05) is 18.2 Å². The fourth-order valence-electron chi connectivity index (χ4n) is 7.92. The molecule has 0 bridgehead atoms. The Bertz CT molecular complexity index is 1370. The first-order valence-corrected chi connectivity index (χ1v) is 15.5. The highest BCUT2D eigenvalue weighted by molar-refractivity contribution is 6.06. The quantitative estimate of drug-likeness (QED) is 0.301. The van der Waals surface area contributed by atoms with Gasteiger partial charge in [-0.3, -0.25) is 19.5 Å². The van der Waals surface area contributed by atoms with Gasteiger partial charge in [0.25, 0.3) is 0 Å². The number of aromatic nitrogens is 1. The van der Waals surface area contributed by atoms with Crippen LogP contribution in [0.1, 0.15) is 87.1 Å². The topological polar surface area (TPSA) is 79.7 Å². The number of amides is 2. The van der Waals surface area contributed by atoms with Crippen LogP contribution in [0.15, 0.2) is 47.7 Å². The van der Waals surface area contributed by atoms with E-state index in [1.807, 2.05) is 50.4 Å². The predicted octanol–water partition coefficient (Wildman–Crippen LogP) is 6.78. The Labute approximate surface area is 243 Å². The standard InChI is InChI=1S/C35H42N2O4/c1-4-24-19-27-32(35(40)37(34(27)39)26-10-6-5-7-11-26)28-20-41-30(31(24)28)14-13-25(29-12-8-9-15-36-29)18-23-16-21(2)33(38)22(3)17-23/h8-9,12,15-18,26-28,30,32,38H,4-7,10-11,13-14,19-20H2,1-3H3/b25-18-/t27-,28+,30-,32-/m1/s1. The van der Waals surface area contributed by atoms with Gasteiger partial charge in [-0.15, -0.1) is 0 Å². The summed E-state index contributed by atoms with van der Waals surface area (Å²) in [4.78, 5) is 33.8. The zero-order valence-corrected chi connectivity index (χ0v) is 24.6. The highest BCUT2D eigenvalue weighted by atomic mass is 16.5. The maximum Gasteiger partial charge on any atom is 0.234 e.